The van der Waals surface area contributed by atoms with Crippen LogP contribution in [0.4, 0.5) is 4.79 Å². The van der Waals surface area contributed by atoms with Gasteiger partial charge < -0.3 is 15.6 Å². The fourth-order valence-electron chi connectivity index (χ4n) is 2.82. The number of aliphatic carboxylic acids is 1. The van der Waals surface area contributed by atoms with E-state index >= 15 is 0 Å². The molecule has 1 rings (SSSR count). The minimum absolute atomic E-state index is 0.403. The number of primary amides is 1. The van der Waals surface area contributed by atoms with E-state index in [0.29, 0.717) is 18.6 Å². The van der Waals surface area contributed by atoms with Crippen molar-refractivity contribution in [3.05, 3.63) is 0 Å². The summed E-state index contributed by atoms with van der Waals surface area (Å²) < 4.78 is 0. The number of urea groups is 1. The Morgan fingerprint density at radius 2 is 1.94 bits per heavy atom. The molecule has 1 aliphatic carbocycles. The van der Waals surface area contributed by atoms with E-state index in [-0.39, 0.29) is 0 Å². The van der Waals surface area contributed by atoms with Gasteiger partial charge in [0.2, 0.25) is 0 Å². The second-order valence-corrected chi connectivity index (χ2v) is 5.64. The molecule has 0 aliphatic heterocycles. The Balaban J connectivity index is 3.04. The second kappa shape index (κ2) is 4.59. The Labute approximate surface area is 107 Å². The first kappa shape index (κ1) is 14.5. The highest BCUT2D eigenvalue weighted by molar-refractivity contribution is 5.90. The van der Waals surface area contributed by atoms with Crippen LogP contribution in [0.2, 0.25) is 0 Å². The summed E-state index contributed by atoms with van der Waals surface area (Å²) in [5, 5.41) is 15.1. The van der Waals surface area contributed by atoms with Gasteiger partial charge in [0.25, 0.3) is 0 Å². The van der Waals surface area contributed by atoms with Crippen molar-refractivity contribution in [2.24, 2.45) is 27.6 Å². The summed E-state index contributed by atoms with van der Waals surface area (Å²) in [7, 11) is 0. The highest BCUT2D eigenvalue weighted by Gasteiger charge is 2.53. The standard InChI is InChI=1S/C12H21N3O3/c1-7(14-15-10(13)18)12(4)6-5-8(9(16)17)11(12,2)3/h8H,5-6H2,1-4H3,(H,16,17)(H3,13,15,18)/p-1/t8-,12+/m0/s1. The molecule has 0 radical (unpaired) electrons. The first-order valence-electron chi connectivity index (χ1n) is 5.94. The zero-order chi connectivity index (χ0) is 14.1. The molecular formula is C12H20N3O3-. The fraction of sp³-hybridized carbons (Fsp3) is 0.750. The Bertz CT molecular complexity index is 403. The van der Waals surface area contributed by atoms with Gasteiger partial charge in [-0.15, -0.1) is 0 Å². The molecule has 6 heteroatoms. The molecule has 6 nitrogen and oxygen atoms in total. The van der Waals surface area contributed by atoms with Crippen LogP contribution < -0.4 is 16.3 Å². The van der Waals surface area contributed by atoms with Gasteiger partial charge in [0.1, 0.15) is 0 Å². The van der Waals surface area contributed by atoms with E-state index in [4.69, 9.17) is 5.73 Å². The minimum atomic E-state index is -1.03. The zero-order valence-electron chi connectivity index (χ0n) is 11.2. The van der Waals surface area contributed by atoms with Gasteiger partial charge in [0, 0.05) is 23.0 Å². The number of nitrogens with one attached hydrogen (secondary N) is 1. The molecule has 2 atom stereocenters. The number of hydrogen-bond donors (Lipinski definition) is 2. The molecule has 0 bridgehead atoms. The molecule has 0 heterocycles. The smallest absolute Gasteiger partial charge is 0.332 e. The Morgan fingerprint density at radius 3 is 2.33 bits per heavy atom. The summed E-state index contributed by atoms with van der Waals surface area (Å²) in [4.78, 5) is 21.8. The quantitative estimate of drug-likeness (QED) is 0.555. The number of nitrogens with two attached hydrogens (primary N) is 1. The number of amides is 2. The molecular weight excluding hydrogens is 234 g/mol. The minimum Gasteiger partial charge on any atom is -0.550 e. The van der Waals surface area contributed by atoms with Crippen molar-refractivity contribution in [1.29, 1.82) is 0 Å². The number of carboxylic acids is 1. The van der Waals surface area contributed by atoms with Crippen LogP contribution >= 0.6 is 0 Å². The molecule has 3 N–H and O–H groups in total. The third kappa shape index (κ3) is 2.19. The van der Waals surface area contributed by atoms with E-state index in [9.17, 15) is 14.7 Å². The summed E-state index contributed by atoms with van der Waals surface area (Å²) >= 11 is 0. The molecule has 2 amide bonds. The number of hydrogen-bond acceptors (Lipinski definition) is 4. The maximum Gasteiger partial charge on any atom is 0.332 e. The van der Waals surface area contributed by atoms with Crippen molar-refractivity contribution in [1.82, 2.24) is 5.43 Å². The van der Waals surface area contributed by atoms with Gasteiger partial charge >= 0.3 is 6.03 Å². The highest BCUT2D eigenvalue weighted by atomic mass is 16.4. The molecule has 1 aliphatic rings. The number of carbonyl (C=O) groups is 2. The Morgan fingerprint density at radius 1 is 1.39 bits per heavy atom. The van der Waals surface area contributed by atoms with Gasteiger partial charge in [-0.2, -0.15) is 5.10 Å². The topological polar surface area (TPSA) is 108 Å². The van der Waals surface area contributed by atoms with E-state index in [1.807, 2.05) is 20.8 Å². The van der Waals surface area contributed by atoms with Crippen LogP contribution in [0.25, 0.3) is 0 Å². The third-order valence-electron chi connectivity index (χ3n) is 4.64. The van der Waals surface area contributed by atoms with Crippen LogP contribution in [-0.2, 0) is 4.79 Å². The number of rotatable bonds is 3. The van der Waals surface area contributed by atoms with Gasteiger partial charge in [0.05, 0.1) is 0 Å². The molecule has 0 spiro atoms. The second-order valence-electron chi connectivity index (χ2n) is 5.64. The van der Waals surface area contributed by atoms with E-state index in [0.717, 1.165) is 0 Å². The molecule has 0 unspecified atom stereocenters. The molecule has 102 valence electrons. The van der Waals surface area contributed by atoms with Gasteiger partial charge in [-0.25, -0.2) is 10.2 Å². The third-order valence-corrected chi connectivity index (χ3v) is 4.64. The molecule has 1 fully saturated rings. The number of hydrazone groups is 1. The first-order valence-corrected chi connectivity index (χ1v) is 5.94. The predicted octanol–water partition coefficient (Wildman–Crippen LogP) is 0.223. The van der Waals surface area contributed by atoms with Crippen LogP contribution in [-0.4, -0.2) is 17.7 Å². The summed E-state index contributed by atoms with van der Waals surface area (Å²) in [5.74, 6) is -1.54. The molecule has 1 saturated carbocycles. The highest BCUT2D eigenvalue weighted by Crippen LogP contribution is 2.56. The molecule has 0 saturated heterocycles. The summed E-state index contributed by atoms with van der Waals surface area (Å²) in [6.45, 7) is 7.51. The van der Waals surface area contributed by atoms with Crippen molar-refractivity contribution in [3.8, 4) is 0 Å². The van der Waals surface area contributed by atoms with Crippen LogP contribution in [0.1, 0.15) is 40.5 Å². The van der Waals surface area contributed by atoms with Crippen molar-refractivity contribution >= 4 is 17.7 Å². The molecule has 0 aromatic rings. The SMILES string of the molecule is CC(=NNC(N)=O)[C@@]1(C)CC[C@@H](C(=O)[O-])C1(C)C. The lowest BCUT2D eigenvalue weighted by Crippen LogP contribution is -2.46. The lowest BCUT2D eigenvalue weighted by molar-refractivity contribution is -0.314. The lowest BCUT2D eigenvalue weighted by Gasteiger charge is -2.42. The number of carbonyl (C=O) groups excluding carboxylic acids is 2. The van der Waals surface area contributed by atoms with Crippen LogP contribution in [0.5, 0.6) is 0 Å². The van der Waals surface area contributed by atoms with Gasteiger partial charge in [-0.1, -0.05) is 20.8 Å². The van der Waals surface area contributed by atoms with Gasteiger partial charge in [0.15, 0.2) is 0 Å². The van der Waals surface area contributed by atoms with E-state index in [1.54, 1.807) is 6.92 Å². The maximum absolute atomic E-state index is 11.2. The normalized spacial score (nSPS) is 31.1. The van der Waals surface area contributed by atoms with Gasteiger partial charge in [-0.3, -0.25) is 0 Å². The Hall–Kier alpha value is -1.59. The van der Waals surface area contributed by atoms with E-state index in [1.165, 1.54) is 0 Å². The molecule has 0 aromatic carbocycles. The van der Waals surface area contributed by atoms with Gasteiger partial charge in [-0.05, 0) is 25.2 Å². The summed E-state index contributed by atoms with van der Waals surface area (Å²) in [5.41, 5.74) is 6.94. The summed E-state index contributed by atoms with van der Waals surface area (Å²) in [6.07, 6.45) is 1.24. The molecule has 0 aromatic heterocycles. The maximum atomic E-state index is 11.2. The first-order chi connectivity index (χ1) is 8.13. The van der Waals surface area contributed by atoms with Crippen LogP contribution in [0, 0.1) is 16.7 Å². The average molecular weight is 254 g/mol. The van der Waals surface area contributed by atoms with E-state index in [2.05, 4.69) is 10.5 Å². The molecule has 18 heavy (non-hydrogen) atoms. The van der Waals surface area contributed by atoms with Crippen molar-refractivity contribution in [2.75, 3.05) is 0 Å². The lowest BCUT2D eigenvalue weighted by atomic mass is 9.63. The van der Waals surface area contributed by atoms with Crippen LogP contribution in [0.3, 0.4) is 0 Å². The predicted molar refractivity (Wildman–Crippen MR) is 65.4 cm³/mol. The van der Waals surface area contributed by atoms with Crippen molar-refractivity contribution in [2.45, 2.75) is 40.5 Å². The van der Waals surface area contributed by atoms with Crippen molar-refractivity contribution < 1.29 is 14.7 Å². The van der Waals surface area contributed by atoms with Crippen LogP contribution in [0.15, 0.2) is 5.10 Å². The largest absolute Gasteiger partial charge is 0.550 e. The Kier molecular flexibility index (Phi) is 3.69. The van der Waals surface area contributed by atoms with E-state index < -0.39 is 28.7 Å². The monoisotopic (exact) mass is 254 g/mol. The summed E-state index contributed by atoms with van der Waals surface area (Å²) in [6, 6.07) is -0.731. The zero-order valence-corrected chi connectivity index (χ0v) is 11.2. The number of nitrogens with zero attached hydrogens (tertiary/aromatic N) is 1. The fourth-order valence-corrected chi connectivity index (χ4v) is 2.82. The van der Waals surface area contributed by atoms with Crippen molar-refractivity contribution in [3.63, 3.8) is 0 Å². The number of carboxylic acid groups (broad SMARTS) is 1. The average Bonchev–Trinajstić information content (AvgIpc) is 2.47.